The van der Waals surface area contributed by atoms with Gasteiger partial charge in [-0.3, -0.25) is 0 Å². The Labute approximate surface area is 235 Å². The molecule has 3 atom stereocenters. The summed E-state index contributed by atoms with van der Waals surface area (Å²) in [4.78, 5) is 11.7. The minimum absolute atomic E-state index is 0.0446. The van der Waals surface area contributed by atoms with E-state index in [2.05, 4.69) is 27.4 Å². The average molecular weight is 551 g/mol. The van der Waals surface area contributed by atoms with Gasteiger partial charge < -0.3 is 14.6 Å². The Balaban J connectivity index is 1.93. The lowest BCUT2D eigenvalue weighted by Crippen LogP contribution is -2.31. The molecule has 1 aromatic carbocycles. The lowest BCUT2D eigenvalue weighted by Gasteiger charge is -2.34. The van der Waals surface area contributed by atoms with E-state index in [4.69, 9.17) is 9.47 Å². The van der Waals surface area contributed by atoms with Crippen molar-refractivity contribution >= 4 is 5.97 Å². The maximum absolute atomic E-state index is 15.4. The van der Waals surface area contributed by atoms with Crippen LogP contribution in [0.25, 0.3) is 0 Å². The molecule has 0 aliphatic heterocycles. The van der Waals surface area contributed by atoms with Crippen LogP contribution in [0.15, 0.2) is 30.4 Å². The quantitative estimate of drug-likeness (QED) is 0.120. The van der Waals surface area contributed by atoms with Gasteiger partial charge in [0.2, 0.25) is 0 Å². The summed E-state index contributed by atoms with van der Waals surface area (Å²) in [6, 6.07) is 4.64. The molecule has 1 aliphatic rings. The van der Waals surface area contributed by atoms with Crippen molar-refractivity contribution in [2.24, 2.45) is 17.8 Å². The largest absolute Gasteiger partial charge is 0.462 e. The number of ether oxygens (including phenoxy) is 2. The van der Waals surface area contributed by atoms with Crippen molar-refractivity contribution in [3.8, 4) is 0 Å². The highest BCUT2D eigenvalue weighted by Gasteiger charge is 2.39. The fourth-order valence-corrected chi connectivity index (χ4v) is 5.72. The average Bonchev–Trinajstić information content (AvgIpc) is 2.92. The fourth-order valence-electron chi connectivity index (χ4n) is 5.72. The first kappa shape index (κ1) is 33.4. The normalized spacial score (nSPS) is 20.3. The maximum Gasteiger partial charge on any atom is 0.383 e. The highest BCUT2D eigenvalue weighted by molar-refractivity contribution is 5.86. The van der Waals surface area contributed by atoms with E-state index in [9.17, 15) is 9.90 Å². The van der Waals surface area contributed by atoms with Crippen LogP contribution >= 0.6 is 0 Å². The van der Waals surface area contributed by atoms with Crippen LogP contribution in [0.1, 0.15) is 121 Å². The minimum Gasteiger partial charge on any atom is -0.462 e. The summed E-state index contributed by atoms with van der Waals surface area (Å²) >= 11 is 0. The molecule has 6 heteroatoms. The number of aryl methyl sites for hydroxylation is 1. The first-order valence-corrected chi connectivity index (χ1v) is 15.1. The fraction of sp³-hybridized carbons (Fsp3) is 0.727. The number of esters is 1. The molecular formula is C33H52F2O4. The molecule has 2 rings (SSSR count). The van der Waals surface area contributed by atoms with Gasteiger partial charge >= 0.3 is 12.1 Å². The van der Waals surface area contributed by atoms with Gasteiger partial charge in [-0.15, -0.1) is 0 Å². The molecule has 1 N–H and O–H groups in total. The zero-order valence-corrected chi connectivity index (χ0v) is 24.9. The third kappa shape index (κ3) is 10.6. The van der Waals surface area contributed by atoms with Gasteiger partial charge in [-0.25, -0.2) is 4.79 Å². The van der Waals surface area contributed by atoms with E-state index < -0.39 is 24.1 Å². The molecule has 0 radical (unpaired) electrons. The summed E-state index contributed by atoms with van der Waals surface area (Å²) < 4.78 is 41.4. The van der Waals surface area contributed by atoms with Gasteiger partial charge in [0.15, 0.2) is 0 Å². The van der Waals surface area contributed by atoms with Gasteiger partial charge in [-0.05, 0) is 74.0 Å². The van der Waals surface area contributed by atoms with Gasteiger partial charge in [0.1, 0.15) is 6.61 Å². The standard InChI is InChI=1S/C33H52F2O4/c1-7-9-10-11-24(5)12-13-25(6)27-14-17-30(18-15-27)39-33(34,35)31-19-16-28(20-26(31)8-2)29(21-36)22-38-32(37)23(3)4/h16,19-20,24-25,27,29-30,36H,3,7-15,17-18,21-22H2,1-2,4-6H3. The van der Waals surface area contributed by atoms with Crippen LogP contribution in [0.2, 0.25) is 0 Å². The maximum atomic E-state index is 15.4. The smallest absolute Gasteiger partial charge is 0.383 e. The zero-order valence-electron chi connectivity index (χ0n) is 24.9. The second-order valence-electron chi connectivity index (χ2n) is 11.9. The number of hydrogen-bond acceptors (Lipinski definition) is 4. The molecule has 0 bridgehead atoms. The summed E-state index contributed by atoms with van der Waals surface area (Å²) in [6.07, 6.45) is 7.43. The van der Waals surface area contributed by atoms with Crippen LogP contribution in [0.4, 0.5) is 8.78 Å². The van der Waals surface area contributed by atoms with Crippen molar-refractivity contribution in [3.63, 3.8) is 0 Å². The number of carbonyl (C=O) groups excluding carboxylic acids is 1. The Morgan fingerprint density at radius 1 is 1.10 bits per heavy atom. The Morgan fingerprint density at radius 3 is 2.38 bits per heavy atom. The van der Waals surface area contributed by atoms with E-state index in [0.29, 0.717) is 42.2 Å². The zero-order chi connectivity index (χ0) is 29.0. The topological polar surface area (TPSA) is 55.8 Å². The van der Waals surface area contributed by atoms with Gasteiger partial charge in [0, 0.05) is 11.5 Å². The molecule has 3 unspecified atom stereocenters. The molecule has 0 heterocycles. The summed E-state index contributed by atoms with van der Waals surface area (Å²) in [5.74, 6) is 0.922. The van der Waals surface area contributed by atoms with Crippen LogP contribution in [0.3, 0.4) is 0 Å². The Kier molecular flexibility index (Phi) is 14.1. The Hall–Kier alpha value is -1.79. The first-order chi connectivity index (χ1) is 18.5. The van der Waals surface area contributed by atoms with Crippen LogP contribution in [0.5, 0.6) is 0 Å². The number of carbonyl (C=O) groups is 1. The molecule has 1 aliphatic carbocycles. The third-order valence-electron chi connectivity index (χ3n) is 8.53. The highest BCUT2D eigenvalue weighted by atomic mass is 19.3. The number of hydrogen-bond donors (Lipinski definition) is 1. The second kappa shape index (κ2) is 16.5. The van der Waals surface area contributed by atoms with Crippen molar-refractivity contribution in [2.45, 2.75) is 123 Å². The molecular weight excluding hydrogens is 498 g/mol. The number of rotatable bonds is 17. The number of aliphatic hydroxyl groups excluding tert-OH is 1. The lowest BCUT2D eigenvalue weighted by atomic mass is 9.77. The number of halogens is 2. The van der Waals surface area contributed by atoms with E-state index in [1.54, 1.807) is 19.1 Å². The Bertz CT molecular complexity index is 892. The van der Waals surface area contributed by atoms with Crippen molar-refractivity contribution in [2.75, 3.05) is 13.2 Å². The van der Waals surface area contributed by atoms with Gasteiger partial charge in [-0.2, -0.15) is 8.78 Å². The predicted molar refractivity (Wildman–Crippen MR) is 154 cm³/mol. The van der Waals surface area contributed by atoms with Gasteiger partial charge in [-0.1, -0.05) is 84.9 Å². The van der Waals surface area contributed by atoms with E-state index in [-0.39, 0.29) is 24.4 Å². The molecule has 0 saturated heterocycles. The summed E-state index contributed by atoms with van der Waals surface area (Å²) in [6.45, 7) is 13.5. The highest BCUT2D eigenvalue weighted by Crippen LogP contribution is 2.40. The van der Waals surface area contributed by atoms with E-state index in [0.717, 1.165) is 18.8 Å². The number of alkyl halides is 2. The molecule has 0 aromatic heterocycles. The SMILES string of the molecule is C=C(C)C(=O)OCC(CO)c1ccc(C(F)(F)OC2CCC(C(C)CCC(C)CCCCC)CC2)c(CC)c1. The Morgan fingerprint density at radius 2 is 1.79 bits per heavy atom. The van der Waals surface area contributed by atoms with Crippen molar-refractivity contribution in [1.82, 2.24) is 0 Å². The van der Waals surface area contributed by atoms with Gasteiger partial charge in [0.25, 0.3) is 0 Å². The third-order valence-corrected chi connectivity index (χ3v) is 8.53. The van der Waals surface area contributed by atoms with E-state index in [1.165, 1.54) is 44.6 Å². The van der Waals surface area contributed by atoms with Crippen LogP contribution in [0, 0.1) is 17.8 Å². The van der Waals surface area contributed by atoms with Crippen molar-refractivity contribution in [3.05, 3.63) is 47.0 Å². The molecule has 1 saturated carbocycles. The summed E-state index contributed by atoms with van der Waals surface area (Å²) in [7, 11) is 0. The van der Waals surface area contributed by atoms with E-state index >= 15 is 8.78 Å². The number of unbranched alkanes of at least 4 members (excludes halogenated alkanes) is 2. The van der Waals surface area contributed by atoms with Crippen LogP contribution in [-0.4, -0.2) is 30.4 Å². The molecule has 0 spiro atoms. The van der Waals surface area contributed by atoms with Crippen LogP contribution in [-0.2, 0) is 26.8 Å². The number of benzene rings is 1. The number of aliphatic hydroxyl groups is 1. The lowest BCUT2D eigenvalue weighted by molar-refractivity contribution is -0.278. The van der Waals surface area contributed by atoms with Crippen molar-refractivity contribution in [1.29, 1.82) is 0 Å². The minimum atomic E-state index is -3.39. The molecule has 222 valence electrons. The molecule has 1 fully saturated rings. The summed E-state index contributed by atoms with van der Waals surface area (Å²) in [5, 5.41) is 9.82. The predicted octanol–water partition coefficient (Wildman–Crippen LogP) is 8.70. The van der Waals surface area contributed by atoms with E-state index in [1.807, 2.05) is 6.92 Å². The second-order valence-corrected chi connectivity index (χ2v) is 11.9. The van der Waals surface area contributed by atoms with Crippen LogP contribution < -0.4 is 0 Å². The monoisotopic (exact) mass is 550 g/mol. The van der Waals surface area contributed by atoms with Crippen molar-refractivity contribution < 1.29 is 28.2 Å². The molecule has 39 heavy (non-hydrogen) atoms. The summed E-state index contributed by atoms with van der Waals surface area (Å²) in [5.41, 5.74) is 1.26. The van der Waals surface area contributed by atoms with Gasteiger partial charge in [0.05, 0.1) is 18.3 Å². The molecule has 1 aromatic rings. The first-order valence-electron chi connectivity index (χ1n) is 15.1. The molecule has 0 amide bonds. The molecule has 4 nitrogen and oxygen atoms in total.